The fourth-order valence-electron chi connectivity index (χ4n) is 2.44. The van der Waals surface area contributed by atoms with Crippen molar-refractivity contribution in [1.29, 1.82) is 0 Å². The Kier molecular flexibility index (Phi) is 5.77. The van der Waals surface area contributed by atoms with E-state index in [0.717, 1.165) is 4.47 Å². The molecule has 130 valence electrons. The van der Waals surface area contributed by atoms with Crippen molar-refractivity contribution in [3.05, 3.63) is 97.9 Å². The molecule has 0 saturated carbocycles. The molecule has 0 radical (unpaired) electrons. The largest absolute Gasteiger partial charge is 0.321 e. The molecule has 0 saturated heterocycles. The molecule has 3 aromatic rings. The molecular weight excluding hydrogens is 437 g/mol. The highest BCUT2D eigenvalue weighted by atomic mass is 79.9. The molecule has 1 amide bonds. The zero-order valence-electron chi connectivity index (χ0n) is 13.3. The Morgan fingerprint density at radius 1 is 0.808 bits per heavy atom. The Morgan fingerprint density at radius 3 is 2.12 bits per heavy atom. The van der Waals surface area contributed by atoms with Gasteiger partial charge in [-0.25, -0.2) is 0 Å². The molecule has 0 heterocycles. The van der Waals surface area contributed by atoms with E-state index < -0.39 is 5.91 Å². The van der Waals surface area contributed by atoms with Gasteiger partial charge in [-0.2, -0.15) is 0 Å². The SMILES string of the molecule is O=C(Nc1ccc(Br)cc1C(=O)c1ccccc1)c1cc(Cl)cc(Cl)c1. The molecule has 0 spiro atoms. The van der Waals surface area contributed by atoms with E-state index in [2.05, 4.69) is 21.2 Å². The summed E-state index contributed by atoms with van der Waals surface area (Å²) in [6.07, 6.45) is 0. The van der Waals surface area contributed by atoms with Crippen LogP contribution in [0.3, 0.4) is 0 Å². The number of rotatable bonds is 4. The van der Waals surface area contributed by atoms with Crippen molar-refractivity contribution in [3.8, 4) is 0 Å². The highest BCUT2D eigenvalue weighted by Crippen LogP contribution is 2.25. The van der Waals surface area contributed by atoms with Gasteiger partial charge in [-0.3, -0.25) is 9.59 Å². The first-order chi connectivity index (χ1) is 12.4. The van der Waals surface area contributed by atoms with Crippen molar-refractivity contribution in [2.75, 3.05) is 5.32 Å². The zero-order valence-corrected chi connectivity index (χ0v) is 16.4. The van der Waals surface area contributed by atoms with Gasteiger partial charge >= 0.3 is 0 Å². The predicted molar refractivity (Wildman–Crippen MR) is 108 cm³/mol. The number of carbonyl (C=O) groups is 2. The lowest BCUT2D eigenvalue weighted by molar-refractivity contribution is 0.102. The van der Waals surface area contributed by atoms with Crippen LogP contribution in [-0.2, 0) is 0 Å². The van der Waals surface area contributed by atoms with E-state index >= 15 is 0 Å². The van der Waals surface area contributed by atoms with Crippen LogP contribution in [0.15, 0.2) is 71.2 Å². The van der Waals surface area contributed by atoms with E-state index in [9.17, 15) is 9.59 Å². The maximum atomic E-state index is 12.8. The van der Waals surface area contributed by atoms with E-state index in [1.54, 1.807) is 48.5 Å². The molecule has 26 heavy (non-hydrogen) atoms. The van der Waals surface area contributed by atoms with E-state index in [-0.39, 0.29) is 5.78 Å². The molecule has 0 bridgehead atoms. The molecule has 0 unspecified atom stereocenters. The number of ketones is 1. The van der Waals surface area contributed by atoms with Crippen molar-refractivity contribution >= 4 is 56.5 Å². The third-order valence-electron chi connectivity index (χ3n) is 3.64. The van der Waals surface area contributed by atoms with E-state index in [4.69, 9.17) is 23.2 Å². The molecule has 0 aliphatic carbocycles. The maximum absolute atomic E-state index is 12.8. The van der Waals surface area contributed by atoms with Gasteiger partial charge < -0.3 is 5.32 Å². The van der Waals surface area contributed by atoms with Crippen molar-refractivity contribution in [3.63, 3.8) is 0 Å². The zero-order chi connectivity index (χ0) is 18.7. The summed E-state index contributed by atoms with van der Waals surface area (Å²) in [6, 6.07) is 18.5. The van der Waals surface area contributed by atoms with E-state index in [0.29, 0.717) is 32.4 Å². The summed E-state index contributed by atoms with van der Waals surface area (Å²) in [5, 5.41) is 3.48. The summed E-state index contributed by atoms with van der Waals surface area (Å²) in [6.45, 7) is 0. The average Bonchev–Trinajstić information content (AvgIpc) is 2.62. The average molecular weight is 449 g/mol. The van der Waals surface area contributed by atoms with Crippen molar-refractivity contribution in [2.24, 2.45) is 0 Å². The summed E-state index contributed by atoms with van der Waals surface area (Å²) < 4.78 is 0.737. The second-order valence-electron chi connectivity index (χ2n) is 5.50. The van der Waals surface area contributed by atoms with Crippen LogP contribution in [0.2, 0.25) is 10.0 Å². The minimum Gasteiger partial charge on any atom is -0.321 e. The maximum Gasteiger partial charge on any atom is 0.255 e. The minimum absolute atomic E-state index is 0.189. The summed E-state index contributed by atoms with van der Waals surface area (Å²) >= 11 is 15.3. The van der Waals surface area contributed by atoms with Crippen molar-refractivity contribution in [2.45, 2.75) is 0 Å². The first-order valence-electron chi connectivity index (χ1n) is 7.61. The Hall–Kier alpha value is -2.14. The van der Waals surface area contributed by atoms with Gasteiger partial charge in [0, 0.05) is 31.2 Å². The molecule has 3 rings (SSSR count). The predicted octanol–water partition coefficient (Wildman–Crippen LogP) is 6.24. The number of carbonyl (C=O) groups excluding carboxylic acids is 2. The molecule has 3 nitrogen and oxygen atoms in total. The smallest absolute Gasteiger partial charge is 0.255 e. The van der Waals surface area contributed by atoms with Crippen LogP contribution in [0.4, 0.5) is 5.69 Å². The Balaban J connectivity index is 1.95. The summed E-state index contributed by atoms with van der Waals surface area (Å²) in [5.41, 5.74) is 1.63. The highest BCUT2D eigenvalue weighted by molar-refractivity contribution is 9.10. The Labute approximate surface area is 169 Å². The molecule has 1 N–H and O–H groups in total. The summed E-state index contributed by atoms with van der Waals surface area (Å²) in [4.78, 5) is 25.4. The number of halogens is 3. The van der Waals surface area contributed by atoms with Crippen LogP contribution < -0.4 is 5.32 Å². The van der Waals surface area contributed by atoms with Crippen LogP contribution in [0, 0.1) is 0 Å². The first kappa shape index (κ1) is 18.6. The number of amides is 1. The van der Waals surface area contributed by atoms with Gasteiger partial charge in [0.2, 0.25) is 0 Å². The van der Waals surface area contributed by atoms with Crippen LogP contribution >= 0.6 is 39.1 Å². The lowest BCUT2D eigenvalue weighted by Gasteiger charge is -2.12. The number of hydrogen-bond acceptors (Lipinski definition) is 2. The number of hydrogen-bond donors (Lipinski definition) is 1. The molecule has 0 atom stereocenters. The molecule has 0 aromatic heterocycles. The van der Waals surface area contributed by atoms with Crippen molar-refractivity contribution < 1.29 is 9.59 Å². The van der Waals surface area contributed by atoms with Crippen LogP contribution in [-0.4, -0.2) is 11.7 Å². The monoisotopic (exact) mass is 447 g/mol. The second kappa shape index (κ2) is 8.04. The number of benzene rings is 3. The number of nitrogens with one attached hydrogen (secondary N) is 1. The summed E-state index contributed by atoms with van der Waals surface area (Å²) in [5.74, 6) is -0.592. The third kappa shape index (κ3) is 4.33. The molecule has 0 aliphatic heterocycles. The first-order valence-corrected chi connectivity index (χ1v) is 9.15. The molecular formula is C20H12BrCl2NO2. The van der Waals surface area contributed by atoms with Crippen LogP contribution in [0.25, 0.3) is 0 Å². The second-order valence-corrected chi connectivity index (χ2v) is 7.29. The van der Waals surface area contributed by atoms with Crippen molar-refractivity contribution in [1.82, 2.24) is 0 Å². The third-order valence-corrected chi connectivity index (χ3v) is 4.56. The lowest BCUT2D eigenvalue weighted by atomic mass is 10.0. The minimum atomic E-state index is -0.404. The lowest BCUT2D eigenvalue weighted by Crippen LogP contribution is -2.15. The quantitative estimate of drug-likeness (QED) is 0.480. The summed E-state index contributed by atoms with van der Waals surface area (Å²) in [7, 11) is 0. The molecule has 0 aliphatic rings. The van der Waals surface area contributed by atoms with Gasteiger partial charge in [0.05, 0.1) is 5.69 Å². The molecule has 3 aromatic carbocycles. The van der Waals surface area contributed by atoms with Gasteiger partial charge in [0.25, 0.3) is 5.91 Å². The van der Waals surface area contributed by atoms with Crippen LogP contribution in [0.5, 0.6) is 0 Å². The Bertz CT molecular complexity index is 970. The van der Waals surface area contributed by atoms with Gasteiger partial charge in [-0.05, 0) is 36.4 Å². The van der Waals surface area contributed by atoms with Gasteiger partial charge in [0.1, 0.15) is 0 Å². The fraction of sp³-hybridized carbons (Fsp3) is 0. The number of anilines is 1. The molecule has 6 heteroatoms. The highest BCUT2D eigenvalue weighted by Gasteiger charge is 2.17. The van der Waals surface area contributed by atoms with Gasteiger partial charge in [-0.15, -0.1) is 0 Å². The van der Waals surface area contributed by atoms with Gasteiger partial charge in [0.15, 0.2) is 5.78 Å². The van der Waals surface area contributed by atoms with E-state index in [1.165, 1.54) is 12.1 Å². The van der Waals surface area contributed by atoms with E-state index in [1.807, 2.05) is 6.07 Å². The Morgan fingerprint density at radius 2 is 1.46 bits per heavy atom. The molecule has 0 fully saturated rings. The normalized spacial score (nSPS) is 10.4. The fourth-order valence-corrected chi connectivity index (χ4v) is 3.32. The standard InChI is InChI=1S/C20H12BrCl2NO2/c21-14-6-7-18(17(10-14)19(25)12-4-2-1-3-5-12)24-20(26)13-8-15(22)11-16(23)9-13/h1-11H,(H,24,26). The van der Waals surface area contributed by atoms with Crippen LogP contribution in [0.1, 0.15) is 26.3 Å². The van der Waals surface area contributed by atoms with Gasteiger partial charge in [-0.1, -0.05) is 69.5 Å². The topological polar surface area (TPSA) is 46.2 Å².